The number of aliphatic imine (C=N–C) groups is 1. The number of ether oxygens (including phenoxy) is 1. The molecule has 1 aliphatic rings. The summed E-state index contributed by atoms with van der Waals surface area (Å²) in [6.07, 6.45) is 7.86. The Bertz CT molecular complexity index is 786. The second-order valence-electron chi connectivity index (χ2n) is 7.65. The van der Waals surface area contributed by atoms with Crippen LogP contribution in [0.1, 0.15) is 43.9 Å². The van der Waals surface area contributed by atoms with Crippen LogP contribution in [0.2, 0.25) is 0 Å². The second-order valence-corrected chi connectivity index (χ2v) is 8.50. The van der Waals surface area contributed by atoms with Crippen LogP contribution in [0.25, 0.3) is 0 Å². The van der Waals surface area contributed by atoms with Gasteiger partial charge in [-0.05, 0) is 79.4 Å². The van der Waals surface area contributed by atoms with Crippen LogP contribution in [0.5, 0.6) is 5.88 Å². The third-order valence-corrected chi connectivity index (χ3v) is 6.01. The molecule has 28 heavy (non-hydrogen) atoms. The van der Waals surface area contributed by atoms with E-state index < -0.39 is 0 Å². The molecular weight excluding hydrogens is 414 g/mol. The van der Waals surface area contributed by atoms with Crippen LogP contribution in [-0.4, -0.2) is 35.9 Å². The lowest BCUT2D eigenvalue weighted by Crippen LogP contribution is -2.25. The zero-order valence-corrected chi connectivity index (χ0v) is 18.7. The molecule has 5 heteroatoms. The van der Waals surface area contributed by atoms with Crippen molar-refractivity contribution in [3.63, 3.8) is 0 Å². The van der Waals surface area contributed by atoms with Gasteiger partial charge in [-0.1, -0.05) is 30.3 Å². The molecule has 0 bridgehead atoms. The molecule has 1 fully saturated rings. The van der Waals surface area contributed by atoms with Gasteiger partial charge in [0.05, 0.1) is 22.2 Å². The van der Waals surface area contributed by atoms with Gasteiger partial charge in [0, 0.05) is 13.6 Å². The van der Waals surface area contributed by atoms with Gasteiger partial charge in [-0.3, -0.25) is 0 Å². The Morgan fingerprint density at radius 3 is 2.61 bits per heavy atom. The number of nitrogens with zero attached hydrogens (tertiary/aromatic N) is 3. The summed E-state index contributed by atoms with van der Waals surface area (Å²) in [6, 6.07) is 12.8. The van der Waals surface area contributed by atoms with Crippen molar-refractivity contribution < 1.29 is 4.74 Å². The molecule has 1 aromatic carbocycles. The minimum Gasteiger partial charge on any atom is -0.474 e. The van der Waals surface area contributed by atoms with Crippen LogP contribution >= 0.6 is 15.9 Å². The van der Waals surface area contributed by atoms with Gasteiger partial charge in [0.25, 0.3) is 0 Å². The second kappa shape index (κ2) is 10.1. The number of hydrogen-bond donors (Lipinski definition) is 0. The molecule has 0 spiro atoms. The molecule has 1 heterocycles. The van der Waals surface area contributed by atoms with Crippen molar-refractivity contribution in [1.82, 2.24) is 9.88 Å². The highest BCUT2D eigenvalue weighted by atomic mass is 79.9. The molecule has 1 saturated carbocycles. The quantitative estimate of drug-likeness (QED) is 0.392. The normalized spacial score (nSPS) is 19.7. The summed E-state index contributed by atoms with van der Waals surface area (Å²) in [4.78, 5) is 11.2. The predicted molar refractivity (Wildman–Crippen MR) is 120 cm³/mol. The molecular formula is C23H30BrN3O. The number of halogens is 1. The van der Waals surface area contributed by atoms with Crippen molar-refractivity contribution in [2.24, 2.45) is 10.9 Å². The van der Waals surface area contributed by atoms with Gasteiger partial charge in [0.1, 0.15) is 6.10 Å². The smallest absolute Gasteiger partial charge is 0.228 e. The van der Waals surface area contributed by atoms with Crippen LogP contribution in [0.15, 0.2) is 45.9 Å². The van der Waals surface area contributed by atoms with Gasteiger partial charge in [-0.2, -0.15) is 0 Å². The lowest BCUT2D eigenvalue weighted by Gasteiger charge is -2.29. The highest BCUT2D eigenvalue weighted by Crippen LogP contribution is 2.34. The number of aryl methyl sites for hydroxylation is 1. The van der Waals surface area contributed by atoms with E-state index in [0.29, 0.717) is 5.88 Å². The SMILES string of the molecule is CCN(C)C=Nc1cc(Br)c(OC2CCC(Cc3ccccc3)CC2)nc1C. The van der Waals surface area contributed by atoms with Crippen LogP contribution in [0.4, 0.5) is 5.69 Å². The topological polar surface area (TPSA) is 37.7 Å². The largest absolute Gasteiger partial charge is 0.474 e. The molecule has 0 aliphatic heterocycles. The first-order valence-electron chi connectivity index (χ1n) is 10.2. The molecule has 0 unspecified atom stereocenters. The van der Waals surface area contributed by atoms with E-state index in [0.717, 1.165) is 41.2 Å². The first-order valence-corrected chi connectivity index (χ1v) is 11.0. The Hall–Kier alpha value is -1.88. The molecule has 0 saturated heterocycles. The number of aromatic nitrogens is 1. The van der Waals surface area contributed by atoms with Gasteiger partial charge >= 0.3 is 0 Å². The number of pyridine rings is 1. The maximum absolute atomic E-state index is 6.25. The summed E-state index contributed by atoms with van der Waals surface area (Å²) >= 11 is 3.61. The molecule has 0 radical (unpaired) electrons. The van der Waals surface area contributed by atoms with E-state index >= 15 is 0 Å². The molecule has 150 valence electrons. The molecule has 1 aromatic heterocycles. The maximum atomic E-state index is 6.25. The fraction of sp³-hybridized carbons (Fsp3) is 0.478. The first kappa shape index (κ1) is 20.8. The fourth-order valence-corrected chi connectivity index (χ4v) is 3.96. The van der Waals surface area contributed by atoms with E-state index in [1.54, 1.807) is 0 Å². The van der Waals surface area contributed by atoms with E-state index in [9.17, 15) is 0 Å². The number of hydrogen-bond acceptors (Lipinski definition) is 3. The minimum atomic E-state index is 0.246. The van der Waals surface area contributed by atoms with Crippen LogP contribution in [-0.2, 0) is 6.42 Å². The zero-order chi connectivity index (χ0) is 19.9. The van der Waals surface area contributed by atoms with Gasteiger partial charge in [-0.25, -0.2) is 9.98 Å². The Balaban J connectivity index is 1.56. The summed E-state index contributed by atoms with van der Waals surface area (Å²) in [6.45, 7) is 5.00. The first-order chi connectivity index (χ1) is 13.5. The van der Waals surface area contributed by atoms with E-state index in [1.165, 1.54) is 24.8 Å². The average molecular weight is 444 g/mol. The van der Waals surface area contributed by atoms with E-state index in [4.69, 9.17) is 4.74 Å². The average Bonchev–Trinajstić information content (AvgIpc) is 2.71. The Labute approximate surface area is 177 Å². The maximum Gasteiger partial charge on any atom is 0.228 e. The van der Waals surface area contributed by atoms with Gasteiger partial charge < -0.3 is 9.64 Å². The Morgan fingerprint density at radius 1 is 1.21 bits per heavy atom. The molecule has 0 amide bonds. The summed E-state index contributed by atoms with van der Waals surface area (Å²) < 4.78 is 7.12. The standard InChI is InChI=1S/C23H30BrN3O/c1-4-27(3)16-25-22-15-21(24)23(26-17(22)2)28-20-12-10-19(11-13-20)14-18-8-6-5-7-9-18/h5-9,15-16,19-20H,4,10-14H2,1-3H3. The van der Waals surface area contributed by atoms with Crippen molar-refractivity contribution >= 4 is 28.0 Å². The highest BCUT2D eigenvalue weighted by molar-refractivity contribution is 9.10. The predicted octanol–water partition coefficient (Wildman–Crippen LogP) is 5.94. The minimum absolute atomic E-state index is 0.246. The van der Waals surface area contributed by atoms with Crippen molar-refractivity contribution in [3.05, 3.63) is 52.1 Å². The third-order valence-electron chi connectivity index (χ3n) is 5.44. The van der Waals surface area contributed by atoms with Crippen LogP contribution in [0.3, 0.4) is 0 Å². The summed E-state index contributed by atoms with van der Waals surface area (Å²) in [7, 11) is 2.01. The zero-order valence-electron chi connectivity index (χ0n) is 17.1. The summed E-state index contributed by atoms with van der Waals surface area (Å²) in [5.41, 5.74) is 3.19. The van der Waals surface area contributed by atoms with Crippen molar-refractivity contribution in [2.45, 2.75) is 52.1 Å². The number of rotatable bonds is 7. The molecule has 0 N–H and O–H groups in total. The summed E-state index contributed by atoms with van der Waals surface area (Å²) in [5, 5.41) is 0. The van der Waals surface area contributed by atoms with Crippen molar-refractivity contribution in [2.75, 3.05) is 13.6 Å². The lowest BCUT2D eigenvalue weighted by molar-refractivity contribution is 0.125. The van der Waals surface area contributed by atoms with E-state index in [-0.39, 0.29) is 6.10 Å². The molecule has 4 nitrogen and oxygen atoms in total. The van der Waals surface area contributed by atoms with Gasteiger partial charge in [-0.15, -0.1) is 0 Å². The van der Waals surface area contributed by atoms with Crippen LogP contribution < -0.4 is 4.74 Å². The van der Waals surface area contributed by atoms with Gasteiger partial charge in [0.15, 0.2) is 0 Å². The summed E-state index contributed by atoms with van der Waals surface area (Å²) in [5.74, 6) is 1.44. The van der Waals surface area contributed by atoms with Crippen LogP contribution in [0, 0.1) is 12.8 Å². The fourth-order valence-electron chi connectivity index (χ4n) is 3.56. The Morgan fingerprint density at radius 2 is 1.93 bits per heavy atom. The number of benzene rings is 1. The van der Waals surface area contributed by atoms with Crippen molar-refractivity contribution in [1.29, 1.82) is 0 Å². The molecule has 2 aromatic rings. The highest BCUT2D eigenvalue weighted by Gasteiger charge is 2.24. The lowest BCUT2D eigenvalue weighted by atomic mass is 9.83. The molecule has 0 atom stereocenters. The monoisotopic (exact) mass is 443 g/mol. The van der Waals surface area contributed by atoms with E-state index in [2.05, 4.69) is 63.2 Å². The van der Waals surface area contributed by atoms with Gasteiger partial charge in [0.2, 0.25) is 5.88 Å². The molecule has 1 aliphatic carbocycles. The van der Waals surface area contributed by atoms with Crippen molar-refractivity contribution in [3.8, 4) is 5.88 Å². The van der Waals surface area contributed by atoms with E-state index in [1.807, 2.05) is 31.3 Å². The molecule has 3 rings (SSSR count). The Kier molecular flexibility index (Phi) is 7.49. The third kappa shape index (κ3) is 5.81.